The van der Waals surface area contributed by atoms with E-state index >= 15 is 0 Å². The normalized spacial score (nSPS) is 13.6. The molecule has 0 bridgehead atoms. The van der Waals surface area contributed by atoms with Gasteiger partial charge in [-0.1, -0.05) is 24.3 Å². The average molecular weight is 574 g/mol. The van der Waals surface area contributed by atoms with E-state index in [1.165, 1.54) is 36.4 Å². The van der Waals surface area contributed by atoms with Crippen LogP contribution in [0.1, 0.15) is 24.0 Å². The summed E-state index contributed by atoms with van der Waals surface area (Å²) >= 11 is 0. The first-order valence-corrected chi connectivity index (χ1v) is 12.2. The molecule has 0 radical (unpaired) electrons. The summed E-state index contributed by atoms with van der Waals surface area (Å²) in [5, 5.41) is 43.8. The molecule has 15 nitrogen and oxygen atoms in total. The van der Waals surface area contributed by atoms with Gasteiger partial charge in [0.05, 0.1) is 18.9 Å². The molecule has 0 fully saturated rings. The fourth-order valence-corrected chi connectivity index (χ4v) is 3.66. The second-order valence-corrected chi connectivity index (χ2v) is 9.14. The van der Waals surface area contributed by atoms with Crippen LogP contribution in [0.2, 0.25) is 0 Å². The molecular formula is C26H31N5O10. The fourth-order valence-electron chi connectivity index (χ4n) is 3.66. The summed E-state index contributed by atoms with van der Waals surface area (Å²) in [6, 6.07) is 5.54. The highest BCUT2D eigenvalue weighted by Crippen LogP contribution is 2.13. The third-order valence-corrected chi connectivity index (χ3v) is 5.77. The largest absolute Gasteiger partial charge is 0.508 e. The number of phenolic OH excluding ortho intramolecular Hbond substituents is 2. The first kappa shape index (κ1) is 32.0. The molecule has 0 aliphatic heterocycles. The molecule has 0 saturated heterocycles. The highest BCUT2D eigenvalue weighted by Gasteiger charge is 2.32. The number of nitrogens with one attached hydrogen (secondary N) is 3. The number of aromatic hydroxyl groups is 2. The van der Waals surface area contributed by atoms with E-state index in [1.807, 2.05) is 5.32 Å². The van der Waals surface area contributed by atoms with Crippen molar-refractivity contribution in [1.29, 1.82) is 0 Å². The number of rotatable bonds is 15. The average Bonchev–Trinajstić information content (AvgIpc) is 2.89. The monoisotopic (exact) mass is 573 g/mol. The molecule has 0 aliphatic rings. The zero-order chi connectivity index (χ0) is 30.7. The van der Waals surface area contributed by atoms with Gasteiger partial charge >= 0.3 is 11.9 Å². The van der Waals surface area contributed by atoms with Crippen molar-refractivity contribution in [2.24, 2.45) is 11.5 Å². The second kappa shape index (κ2) is 14.8. The molecule has 0 spiro atoms. The fraction of sp³-hybridized carbons (Fsp3) is 0.308. The summed E-state index contributed by atoms with van der Waals surface area (Å²) < 4.78 is 0. The van der Waals surface area contributed by atoms with Crippen LogP contribution in [-0.4, -0.2) is 80.2 Å². The van der Waals surface area contributed by atoms with Crippen LogP contribution < -0.4 is 27.4 Å². The van der Waals surface area contributed by atoms with E-state index in [9.17, 15) is 44.1 Å². The van der Waals surface area contributed by atoms with Crippen molar-refractivity contribution < 1.29 is 49.2 Å². The molecule has 0 heterocycles. The van der Waals surface area contributed by atoms with Crippen LogP contribution in [0.3, 0.4) is 0 Å². The quantitative estimate of drug-likeness (QED) is 0.113. The standard InChI is InChI=1S/C26H31N5O10/c27-17(9-13-1-5-15(32)6-2-13)23(37)29-18(10-14-3-7-16(33)8-4-14)24(38)30-19(11-21(28)34)25(39)31-20(26(40)41)12-22(35)36/h1-8,17-20,32-33H,9-12,27H2,(H2,28,34)(H,29,37)(H,30,38)(H,31,39)(H,35,36)(H,40,41). The zero-order valence-corrected chi connectivity index (χ0v) is 21.6. The van der Waals surface area contributed by atoms with Gasteiger partial charge in [-0.15, -0.1) is 0 Å². The molecule has 41 heavy (non-hydrogen) atoms. The minimum atomic E-state index is -1.86. The Hall–Kier alpha value is -5.18. The van der Waals surface area contributed by atoms with Crippen LogP contribution in [-0.2, 0) is 41.6 Å². The number of phenols is 2. The number of amides is 4. The predicted molar refractivity (Wildman–Crippen MR) is 141 cm³/mol. The van der Waals surface area contributed by atoms with Crippen molar-refractivity contribution in [3.63, 3.8) is 0 Å². The van der Waals surface area contributed by atoms with Crippen molar-refractivity contribution in [2.75, 3.05) is 0 Å². The Morgan fingerprint density at radius 3 is 1.54 bits per heavy atom. The number of nitrogens with two attached hydrogens (primary N) is 2. The van der Waals surface area contributed by atoms with Crippen molar-refractivity contribution in [1.82, 2.24) is 16.0 Å². The van der Waals surface area contributed by atoms with Gasteiger partial charge in [-0.3, -0.25) is 24.0 Å². The molecule has 220 valence electrons. The Kier molecular flexibility index (Phi) is 11.6. The van der Waals surface area contributed by atoms with E-state index in [1.54, 1.807) is 12.1 Å². The van der Waals surface area contributed by atoms with Crippen molar-refractivity contribution in [3.05, 3.63) is 59.7 Å². The maximum atomic E-state index is 13.3. The molecule has 4 unspecified atom stereocenters. The zero-order valence-electron chi connectivity index (χ0n) is 21.6. The van der Waals surface area contributed by atoms with Gasteiger partial charge in [0, 0.05) is 6.42 Å². The van der Waals surface area contributed by atoms with Gasteiger partial charge < -0.3 is 47.8 Å². The highest BCUT2D eigenvalue weighted by atomic mass is 16.4. The van der Waals surface area contributed by atoms with E-state index in [0.717, 1.165) is 0 Å². The molecule has 0 aliphatic carbocycles. The molecule has 0 saturated carbocycles. The first-order valence-electron chi connectivity index (χ1n) is 12.2. The van der Waals surface area contributed by atoms with Gasteiger partial charge in [0.2, 0.25) is 23.6 Å². The molecule has 2 aromatic rings. The minimum Gasteiger partial charge on any atom is -0.508 e. The molecule has 0 aromatic heterocycles. The molecule has 4 amide bonds. The number of benzene rings is 2. The Morgan fingerprint density at radius 2 is 1.07 bits per heavy atom. The lowest BCUT2D eigenvalue weighted by molar-refractivity contribution is -0.147. The van der Waals surface area contributed by atoms with E-state index < -0.39 is 72.6 Å². The lowest BCUT2D eigenvalue weighted by atomic mass is 10.0. The van der Waals surface area contributed by atoms with Crippen LogP contribution in [0.15, 0.2) is 48.5 Å². The van der Waals surface area contributed by atoms with Crippen LogP contribution in [0, 0.1) is 0 Å². The summed E-state index contributed by atoms with van der Waals surface area (Å²) in [5.41, 5.74) is 12.3. The van der Waals surface area contributed by atoms with E-state index in [2.05, 4.69) is 10.6 Å². The number of carbonyl (C=O) groups excluding carboxylic acids is 4. The van der Waals surface area contributed by atoms with E-state index in [0.29, 0.717) is 11.1 Å². The van der Waals surface area contributed by atoms with Gasteiger partial charge in [0.25, 0.3) is 0 Å². The van der Waals surface area contributed by atoms with Gasteiger partial charge in [0.1, 0.15) is 29.6 Å². The van der Waals surface area contributed by atoms with Crippen molar-refractivity contribution >= 4 is 35.6 Å². The van der Waals surface area contributed by atoms with Crippen molar-refractivity contribution in [2.45, 2.75) is 49.9 Å². The maximum Gasteiger partial charge on any atom is 0.326 e. The molecule has 11 N–H and O–H groups in total. The number of aliphatic carboxylic acids is 2. The lowest BCUT2D eigenvalue weighted by Crippen LogP contribution is -2.58. The number of carboxylic acid groups (broad SMARTS) is 2. The maximum absolute atomic E-state index is 13.3. The summed E-state index contributed by atoms with van der Waals surface area (Å²) in [6.45, 7) is 0. The van der Waals surface area contributed by atoms with Crippen LogP contribution in [0.4, 0.5) is 0 Å². The van der Waals surface area contributed by atoms with Gasteiger partial charge in [-0.2, -0.15) is 0 Å². The number of carbonyl (C=O) groups is 6. The summed E-state index contributed by atoms with van der Waals surface area (Å²) in [7, 11) is 0. The third-order valence-electron chi connectivity index (χ3n) is 5.77. The number of hydrogen-bond donors (Lipinski definition) is 9. The molecular weight excluding hydrogens is 542 g/mol. The first-order chi connectivity index (χ1) is 19.2. The molecule has 4 atom stereocenters. The van der Waals surface area contributed by atoms with Gasteiger partial charge in [-0.05, 0) is 41.8 Å². The SMILES string of the molecule is NC(=O)CC(NC(=O)C(Cc1ccc(O)cc1)NC(=O)C(N)Cc1ccc(O)cc1)C(=O)NC(CC(=O)O)C(=O)O. The molecule has 2 aromatic carbocycles. The second-order valence-electron chi connectivity index (χ2n) is 9.14. The predicted octanol–water partition coefficient (Wildman–Crippen LogP) is -1.90. The van der Waals surface area contributed by atoms with E-state index in [4.69, 9.17) is 16.6 Å². The van der Waals surface area contributed by atoms with Crippen LogP contribution in [0.5, 0.6) is 11.5 Å². The Labute approximate surface area is 233 Å². The molecule has 15 heteroatoms. The Bertz CT molecular complexity index is 1270. The van der Waals surface area contributed by atoms with Gasteiger partial charge in [-0.25, -0.2) is 4.79 Å². The Morgan fingerprint density at radius 1 is 0.634 bits per heavy atom. The lowest BCUT2D eigenvalue weighted by Gasteiger charge is -2.25. The molecule has 2 rings (SSSR count). The number of primary amides is 1. The highest BCUT2D eigenvalue weighted by molar-refractivity contribution is 5.96. The van der Waals surface area contributed by atoms with Gasteiger partial charge in [0.15, 0.2) is 0 Å². The Balaban J connectivity index is 2.25. The summed E-state index contributed by atoms with van der Waals surface area (Å²) in [6.07, 6.45) is -1.84. The smallest absolute Gasteiger partial charge is 0.326 e. The van der Waals surface area contributed by atoms with Crippen LogP contribution >= 0.6 is 0 Å². The van der Waals surface area contributed by atoms with E-state index in [-0.39, 0.29) is 24.3 Å². The summed E-state index contributed by atoms with van der Waals surface area (Å²) in [5.74, 6) is -7.16. The number of hydrogen-bond acceptors (Lipinski definition) is 9. The third kappa shape index (κ3) is 10.8. The van der Waals surface area contributed by atoms with Crippen LogP contribution in [0.25, 0.3) is 0 Å². The summed E-state index contributed by atoms with van der Waals surface area (Å²) in [4.78, 5) is 72.9. The minimum absolute atomic E-state index is 0.0181. The van der Waals surface area contributed by atoms with Crippen molar-refractivity contribution in [3.8, 4) is 11.5 Å². The topological polar surface area (TPSA) is 271 Å². The number of carboxylic acids is 2.